The summed E-state index contributed by atoms with van der Waals surface area (Å²) in [7, 11) is 0. The fraction of sp³-hybridized carbons (Fsp3) is 0.115. The van der Waals surface area contributed by atoms with Crippen LogP contribution >= 0.6 is 0 Å². The van der Waals surface area contributed by atoms with E-state index in [-0.39, 0.29) is 17.0 Å². The first-order chi connectivity index (χ1) is 15.9. The lowest BCUT2D eigenvalue weighted by Crippen LogP contribution is -2.26. The molecule has 2 aromatic carbocycles. The molecule has 5 rings (SSSR count). The zero-order chi connectivity index (χ0) is 23.3. The lowest BCUT2D eigenvalue weighted by atomic mass is 9.83. The van der Waals surface area contributed by atoms with Crippen LogP contribution in [0, 0.1) is 31.1 Å². The van der Waals surface area contributed by atoms with Crippen LogP contribution in [0.15, 0.2) is 75.4 Å². The summed E-state index contributed by atoms with van der Waals surface area (Å²) in [5, 5.41) is 10.4. The van der Waals surface area contributed by atoms with E-state index in [0.717, 1.165) is 16.7 Å². The van der Waals surface area contributed by atoms with Crippen molar-refractivity contribution in [2.75, 3.05) is 0 Å². The Hall–Kier alpha value is -4.44. The molecule has 7 heteroatoms. The van der Waals surface area contributed by atoms with Crippen LogP contribution in [0.5, 0.6) is 5.75 Å². The minimum atomic E-state index is -0.748. The molecule has 0 bridgehead atoms. The first kappa shape index (κ1) is 20.5. The van der Waals surface area contributed by atoms with Gasteiger partial charge in [0.25, 0.3) is 0 Å². The van der Waals surface area contributed by atoms with Gasteiger partial charge in [-0.15, -0.1) is 0 Å². The molecule has 1 atom stereocenters. The van der Waals surface area contributed by atoms with Gasteiger partial charge in [0.15, 0.2) is 5.75 Å². The van der Waals surface area contributed by atoms with Crippen LogP contribution in [0.2, 0.25) is 0 Å². The molecule has 0 saturated carbocycles. The normalized spacial score (nSPS) is 15.2. The Balaban J connectivity index is 1.69. The standard InChI is InChI=1S/C26H18FN3O3/c1-13-3-8-20-18(9-13)23-22(26(31)32-20)21(19(11-28)25(29)33-23)16-6-4-15(5-7-16)17-10-14(2)24(27)30-12-17/h3-10,12,21H,29H2,1-2H3. The Morgan fingerprint density at radius 3 is 2.55 bits per heavy atom. The fourth-order valence-electron chi connectivity index (χ4n) is 4.15. The minimum Gasteiger partial charge on any atom is -0.439 e. The number of ether oxygens (including phenoxy) is 1. The Morgan fingerprint density at radius 2 is 1.85 bits per heavy atom. The number of pyridine rings is 1. The number of fused-ring (bicyclic) bond motifs is 3. The van der Waals surface area contributed by atoms with Gasteiger partial charge >= 0.3 is 5.63 Å². The maximum atomic E-state index is 13.5. The molecule has 1 aliphatic rings. The third-order valence-corrected chi connectivity index (χ3v) is 5.81. The van der Waals surface area contributed by atoms with Crippen LogP contribution in [-0.2, 0) is 0 Å². The van der Waals surface area contributed by atoms with E-state index in [1.807, 2.05) is 31.2 Å². The number of halogens is 1. The topological polar surface area (TPSA) is 102 Å². The SMILES string of the molecule is Cc1ccc2oc(=O)c3c(c2c1)OC(N)=C(C#N)C3c1ccc(-c2cnc(F)c(C)c2)cc1. The lowest BCUT2D eigenvalue weighted by molar-refractivity contribution is 0.388. The average Bonchev–Trinajstić information content (AvgIpc) is 2.81. The highest BCUT2D eigenvalue weighted by atomic mass is 19.1. The van der Waals surface area contributed by atoms with E-state index >= 15 is 0 Å². The number of nitrogens with zero attached hydrogens (tertiary/aromatic N) is 2. The second-order valence-corrected chi connectivity index (χ2v) is 8.01. The summed E-state index contributed by atoms with van der Waals surface area (Å²) in [5.41, 5.74) is 9.92. The van der Waals surface area contributed by atoms with Crippen molar-refractivity contribution in [3.05, 3.63) is 105 Å². The molecule has 3 heterocycles. The van der Waals surface area contributed by atoms with Gasteiger partial charge in [0.1, 0.15) is 17.2 Å². The van der Waals surface area contributed by atoms with E-state index in [9.17, 15) is 14.4 Å². The van der Waals surface area contributed by atoms with Crippen molar-refractivity contribution in [3.8, 4) is 22.9 Å². The maximum absolute atomic E-state index is 13.5. The molecule has 162 valence electrons. The van der Waals surface area contributed by atoms with Gasteiger partial charge in [-0.3, -0.25) is 0 Å². The fourth-order valence-corrected chi connectivity index (χ4v) is 4.15. The van der Waals surface area contributed by atoms with Crippen LogP contribution in [0.1, 0.15) is 28.2 Å². The van der Waals surface area contributed by atoms with Crippen molar-refractivity contribution in [3.63, 3.8) is 0 Å². The predicted octanol–water partition coefficient (Wildman–Crippen LogP) is 4.83. The number of aromatic nitrogens is 1. The molecule has 6 nitrogen and oxygen atoms in total. The van der Waals surface area contributed by atoms with Gasteiger partial charge in [-0.05, 0) is 43.2 Å². The van der Waals surface area contributed by atoms with Crippen LogP contribution < -0.4 is 16.1 Å². The summed E-state index contributed by atoms with van der Waals surface area (Å²) in [4.78, 5) is 16.8. The van der Waals surface area contributed by atoms with E-state index in [4.69, 9.17) is 14.9 Å². The molecule has 4 aromatic rings. The number of allylic oxidation sites excluding steroid dienone is 1. The van der Waals surface area contributed by atoms with Crippen LogP contribution in [0.4, 0.5) is 4.39 Å². The van der Waals surface area contributed by atoms with Gasteiger partial charge in [0, 0.05) is 17.3 Å². The second kappa shape index (κ2) is 7.61. The third-order valence-electron chi connectivity index (χ3n) is 5.81. The van der Waals surface area contributed by atoms with Gasteiger partial charge < -0.3 is 14.9 Å². The average molecular weight is 439 g/mol. The summed E-state index contributed by atoms with van der Waals surface area (Å²) in [5.74, 6) is -1.01. The van der Waals surface area contributed by atoms with E-state index in [1.54, 1.807) is 31.2 Å². The molecule has 0 amide bonds. The summed E-state index contributed by atoms with van der Waals surface area (Å²) in [6.07, 6.45) is 1.46. The van der Waals surface area contributed by atoms with Crippen molar-refractivity contribution in [1.82, 2.24) is 4.98 Å². The summed E-state index contributed by atoms with van der Waals surface area (Å²) in [6, 6.07) is 16.5. The number of hydrogen-bond donors (Lipinski definition) is 1. The van der Waals surface area contributed by atoms with Crippen molar-refractivity contribution < 1.29 is 13.5 Å². The molecule has 0 aliphatic carbocycles. The number of benzene rings is 2. The zero-order valence-corrected chi connectivity index (χ0v) is 17.8. The lowest BCUT2D eigenvalue weighted by Gasteiger charge is -2.26. The molecule has 2 N–H and O–H groups in total. The third kappa shape index (κ3) is 3.33. The number of nitrogens with two attached hydrogens (primary N) is 1. The molecular formula is C26H18FN3O3. The second-order valence-electron chi connectivity index (χ2n) is 8.01. The smallest absolute Gasteiger partial charge is 0.344 e. The first-order valence-electron chi connectivity index (χ1n) is 10.2. The van der Waals surface area contributed by atoms with Crippen LogP contribution in [0.3, 0.4) is 0 Å². The van der Waals surface area contributed by atoms with E-state index < -0.39 is 17.5 Å². The number of rotatable bonds is 2. The Bertz CT molecular complexity index is 1560. The molecule has 0 saturated heterocycles. The first-order valence-corrected chi connectivity index (χ1v) is 10.2. The van der Waals surface area contributed by atoms with Gasteiger partial charge in [-0.2, -0.15) is 9.65 Å². The summed E-state index contributed by atoms with van der Waals surface area (Å²) < 4.78 is 24.9. The summed E-state index contributed by atoms with van der Waals surface area (Å²) >= 11 is 0. The molecule has 2 aromatic heterocycles. The largest absolute Gasteiger partial charge is 0.439 e. The van der Waals surface area contributed by atoms with Gasteiger partial charge in [0.2, 0.25) is 11.8 Å². The monoisotopic (exact) mass is 439 g/mol. The van der Waals surface area contributed by atoms with Gasteiger partial charge in [-0.25, -0.2) is 9.78 Å². The Kier molecular flexibility index (Phi) is 4.72. The van der Waals surface area contributed by atoms with Crippen molar-refractivity contribution in [1.29, 1.82) is 5.26 Å². The molecule has 1 unspecified atom stereocenters. The maximum Gasteiger partial charge on any atom is 0.344 e. The Labute approximate surface area is 188 Å². The van der Waals surface area contributed by atoms with E-state index in [1.165, 1.54) is 6.20 Å². The molecule has 0 radical (unpaired) electrons. The van der Waals surface area contributed by atoms with Crippen molar-refractivity contribution >= 4 is 11.0 Å². The molecule has 0 fully saturated rings. The van der Waals surface area contributed by atoms with Crippen molar-refractivity contribution in [2.24, 2.45) is 5.73 Å². The number of nitriles is 1. The van der Waals surface area contributed by atoms with Gasteiger partial charge in [0.05, 0.1) is 16.9 Å². The summed E-state index contributed by atoms with van der Waals surface area (Å²) in [6.45, 7) is 3.57. The zero-order valence-electron chi connectivity index (χ0n) is 17.8. The molecule has 1 aliphatic heterocycles. The number of aryl methyl sites for hydroxylation is 2. The molecule has 0 spiro atoms. The highest BCUT2D eigenvalue weighted by Crippen LogP contribution is 2.43. The van der Waals surface area contributed by atoms with E-state index in [0.29, 0.717) is 27.8 Å². The van der Waals surface area contributed by atoms with Gasteiger partial charge in [-0.1, -0.05) is 35.9 Å². The predicted molar refractivity (Wildman–Crippen MR) is 121 cm³/mol. The Morgan fingerprint density at radius 1 is 1.09 bits per heavy atom. The number of hydrogen-bond acceptors (Lipinski definition) is 6. The molecular weight excluding hydrogens is 421 g/mol. The highest BCUT2D eigenvalue weighted by Gasteiger charge is 2.35. The van der Waals surface area contributed by atoms with Crippen LogP contribution in [0.25, 0.3) is 22.1 Å². The highest BCUT2D eigenvalue weighted by molar-refractivity contribution is 5.86. The minimum absolute atomic E-state index is 0.0501. The van der Waals surface area contributed by atoms with Crippen LogP contribution in [-0.4, -0.2) is 4.98 Å². The quantitative estimate of drug-likeness (QED) is 0.355. The van der Waals surface area contributed by atoms with Crippen molar-refractivity contribution in [2.45, 2.75) is 19.8 Å². The van der Waals surface area contributed by atoms with E-state index in [2.05, 4.69) is 11.1 Å². The molecule has 33 heavy (non-hydrogen) atoms.